The Balaban J connectivity index is 0.000000232. The molecule has 14 heteroatoms. The van der Waals surface area contributed by atoms with Gasteiger partial charge in [-0.05, 0) is 43.3 Å². The maximum absolute atomic E-state index is 13.5. The molecule has 3 aromatic rings. The van der Waals surface area contributed by atoms with E-state index in [-0.39, 0.29) is 55.5 Å². The summed E-state index contributed by atoms with van der Waals surface area (Å²) in [5, 5.41) is 15.3. The Morgan fingerprint density at radius 3 is 2.74 bits per heavy atom. The Morgan fingerprint density at radius 1 is 1.26 bits per heavy atom. The third kappa shape index (κ3) is 5.76. The van der Waals surface area contributed by atoms with E-state index in [1.54, 1.807) is 6.92 Å². The molecular weight excluding hydrogens is 506 g/mol. The molecule has 1 unspecified atom stereocenters. The van der Waals surface area contributed by atoms with Crippen molar-refractivity contribution in [3.05, 3.63) is 59.4 Å². The van der Waals surface area contributed by atoms with Crippen molar-refractivity contribution in [2.75, 3.05) is 26.3 Å². The van der Waals surface area contributed by atoms with Gasteiger partial charge in [-0.3, -0.25) is 9.59 Å². The number of rotatable bonds is 6. The van der Waals surface area contributed by atoms with Crippen LogP contribution in [-0.4, -0.2) is 70.7 Å². The molecule has 0 radical (unpaired) electrons. The average molecular weight is 533 g/mol. The van der Waals surface area contributed by atoms with Crippen LogP contribution in [0.25, 0.3) is 11.0 Å². The molecular formula is C24H26F2N6O6. The third-order valence-corrected chi connectivity index (χ3v) is 5.66. The van der Waals surface area contributed by atoms with Gasteiger partial charge in [0.15, 0.2) is 11.5 Å². The first-order valence-electron chi connectivity index (χ1n) is 11.5. The number of nitrogens with zero attached hydrogens (tertiary/aromatic N) is 4. The summed E-state index contributed by atoms with van der Waals surface area (Å²) in [6.07, 6.45) is 0.567. The highest BCUT2D eigenvalue weighted by molar-refractivity contribution is 6.03. The van der Waals surface area contributed by atoms with E-state index in [4.69, 9.17) is 30.7 Å². The highest BCUT2D eigenvalue weighted by Crippen LogP contribution is 2.36. The molecule has 0 saturated carbocycles. The van der Waals surface area contributed by atoms with Crippen molar-refractivity contribution < 1.29 is 37.5 Å². The van der Waals surface area contributed by atoms with E-state index in [0.717, 1.165) is 10.2 Å². The minimum Gasteiger partial charge on any atom is -0.487 e. The summed E-state index contributed by atoms with van der Waals surface area (Å²) in [5.41, 5.74) is 6.91. The van der Waals surface area contributed by atoms with E-state index in [2.05, 4.69) is 5.10 Å². The maximum atomic E-state index is 13.5. The predicted molar refractivity (Wildman–Crippen MR) is 130 cm³/mol. The zero-order chi connectivity index (χ0) is 27.4. The molecule has 2 aliphatic rings. The van der Waals surface area contributed by atoms with E-state index in [9.17, 15) is 18.4 Å². The maximum Gasteiger partial charge on any atom is 0.294 e. The molecule has 0 saturated heterocycles. The largest absolute Gasteiger partial charge is 0.487 e. The van der Waals surface area contributed by atoms with Crippen LogP contribution in [-0.2, 0) is 11.3 Å². The second kappa shape index (κ2) is 11.3. The first-order valence-corrected chi connectivity index (χ1v) is 11.5. The number of fused-ring (bicyclic) bond motifs is 4. The number of hydrogen-bond acceptors (Lipinski definition) is 9. The fraction of sp³-hybridized carbons (Fsp3) is 0.292. The molecule has 2 aromatic carbocycles. The van der Waals surface area contributed by atoms with E-state index >= 15 is 0 Å². The second-order valence-electron chi connectivity index (χ2n) is 8.50. The third-order valence-electron chi connectivity index (χ3n) is 5.66. The molecule has 2 amide bonds. The molecule has 38 heavy (non-hydrogen) atoms. The lowest BCUT2D eigenvalue weighted by Gasteiger charge is -2.26. The number of benzene rings is 2. The summed E-state index contributed by atoms with van der Waals surface area (Å²) >= 11 is 0. The predicted octanol–water partition coefficient (Wildman–Crippen LogP) is 1.33. The molecule has 1 atom stereocenters. The number of hydrogen-bond donors (Lipinski definition) is 3. The van der Waals surface area contributed by atoms with Crippen LogP contribution in [0.5, 0.6) is 11.5 Å². The first-order chi connectivity index (χ1) is 18.2. The minimum absolute atomic E-state index is 0.00661. The van der Waals surface area contributed by atoms with Crippen molar-refractivity contribution in [1.29, 1.82) is 0 Å². The molecule has 2 aliphatic heterocycles. The Labute approximate surface area is 215 Å². The van der Waals surface area contributed by atoms with Gasteiger partial charge in [0.05, 0.1) is 37.7 Å². The van der Waals surface area contributed by atoms with E-state index in [0.29, 0.717) is 35.2 Å². The Kier molecular flexibility index (Phi) is 7.93. The quantitative estimate of drug-likeness (QED) is 0.140. The number of furan rings is 1. The Morgan fingerprint density at radius 2 is 2.00 bits per heavy atom. The second-order valence-corrected chi connectivity index (χ2v) is 8.50. The van der Waals surface area contributed by atoms with E-state index < -0.39 is 11.7 Å². The van der Waals surface area contributed by atoms with Crippen molar-refractivity contribution in [3.63, 3.8) is 0 Å². The van der Waals surface area contributed by atoms with E-state index in [1.807, 2.05) is 0 Å². The summed E-state index contributed by atoms with van der Waals surface area (Å²) in [6, 6.07) is 7.80. The summed E-state index contributed by atoms with van der Waals surface area (Å²) in [7, 11) is 0. The zero-order valence-corrected chi connectivity index (χ0v) is 20.3. The van der Waals surface area contributed by atoms with Gasteiger partial charge in [-0.1, -0.05) is 0 Å². The number of aliphatic hydroxyl groups excluding tert-OH is 1. The topological polar surface area (TPSA) is 160 Å². The van der Waals surface area contributed by atoms with Gasteiger partial charge in [-0.2, -0.15) is 5.06 Å². The van der Waals surface area contributed by atoms with Crippen LogP contribution in [0, 0.1) is 11.6 Å². The lowest BCUT2D eigenvalue weighted by Crippen LogP contribution is -2.46. The first kappa shape index (κ1) is 26.6. The summed E-state index contributed by atoms with van der Waals surface area (Å²) in [5.74, 6) is 5.19. The number of carbonyl (C=O) groups is 2. The molecule has 0 aliphatic carbocycles. The number of hydrazine groups is 1. The highest BCUT2D eigenvalue weighted by atomic mass is 19.1. The van der Waals surface area contributed by atoms with Gasteiger partial charge >= 0.3 is 0 Å². The van der Waals surface area contributed by atoms with Gasteiger partial charge < -0.3 is 29.7 Å². The number of halogens is 2. The van der Waals surface area contributed by atoms with Crippen LogP contribution in [0.1, 0.15) is 23.0 Å². The number of amidine groups is 1. The van der Waals surface area contributed by atoms with Gasteiger partial charge in [-0.15, -0.1) is 5.10 Å². The summed E-state index contributed by atoms with van der Waals surface area (Å²) in [6.45, 7) is 2.20. The van der Waals surface area contributed by atoms with Gasteiger partial charge in [0, 0.05) is 5.56 Å². The van der Waals surface area contributed by atoms with Crippen LogP contribution >= 0.6 is 0 Å². The lowest BCUT2D eigenvalue weighted by molar-refractivity contribution is -0.139. The Bertz CT molecular complexity index is 1370. The normalized spacial score (nSPS) is 16.6. The van der Waals surface area contributed by atoms with Gasteiger partial charge in [0.2, 0.25) is 12.2 Å². The lowest BCUT2D eigenvalue weighted by atomic mass is 10.2. The molecule has 12 nitrogen and oxygen atoms in total. The monoisotopic (exact) mass is 532 g/mol. The Hall–Kier alpha value is -4.43. The van der Waals surface area contributed by atoms with Crippen LogP contribution in [0.15, 0.2) is 45.9 Å². The van der Waals surface area contributed by atoms with Crippen LogP contribution in [0.3, 0.4) is 0 Å². The van der Waals surface area contributed by atoms with Crippen LogP contribution < -0.4 is 21.2 Å². The smallest absolute Gasteiger partial charge is 0.294 e. The molecule has 5 N–H and O–H groups in total. The summed E-state index contributed by atoms with van der Waals surface area (Å²) in [4.78, 5) is 29.6. The number of carbonyl (C=O) groups excluding carboxylic acids is 2. The van der Waals surface area contributed by atoms with Crippen LogP contribution in [0.2, 0.25) is 0 Å². The van der Waals surface area contributed by atoms with Crippen molar-refractivity contribution in [2.24, 2.45) is 16.7 Å². The van der Waals surface area contributed by atoms with Gasteiger partial charge in [-0.25, -0.2) is 19.7 Å². The van der Waals surface area contributed by atoms with Crippen molar-refractivity contribution in [3.8, 4) is 11.5 Å². The molecule has 0 fully saturated rings. The molecule has 0 spiro atoms. The zero-order valence-electron chi connectivity index (χ0n) is 20.3. The minimum atomic E-state index is -0.449. The average Bonchev–Trinajstić information content (AvgIpc) is 3.43. The number of ether oxygens (including phenoxy) is 1. The fourth-order valence-electron chi connectivity index (χ4n) is 3.85. The highest BCUT2D eigenvalue weighted by Gasteiger charge is 2.34. The molecule has 0 bridgehead atoms. The molecule has 1 aromatic heterocycles. The number of hydroxylamine groups is 2. The number of amides is 2. The number of aliphatic hydroxyl groups is 1. The van der Waals surface area contributed by atoms with Crippen molar-refractivity contribution >= 4 is 29.1 Å². The number of nitrogens with two attached hydrogens (primary N) is 2. The van der Waals surface area contributed by atoms with Crippen molar-refractivity contribution in [1.82, 2.24) is 15.1 Å². The summed E-state index contributed by atoms with van der Waals surface area (Å²) < 4.78 is 37.4. The molecule has 202 valence electrons. The fourth-order valence-corrected chi connectivity index (χ4v) is 3.85. The van der Waals surface area contributed by atoms with Gasteiger partial charge in [0.1, 0.15) is 29.7 Å². The number of hydrazone groups is 1. The SMILES string of the molecule is CC1COc2c(oc3ccc(F)cc23)C(=O)N1C/C(N)=N/N(N)CCO.O=CN1Cc2cc(F)ccc2O1. The van der Waals surface area contributed by atoms with Gasteiger partial charge in [0.25, 0.3) is 5.91 Å². The standard InChI is InChI=1S/C16H20FN5O4.C8H6FNO2/c1-9-8-25-14-11-6-10(17)2-3-12(11)26-15(14)16(24)21(9)7-13(18)20-22(19)4-5-23;9-7-1-2-8-6(3-7)4-10(5-11)12-8/h2-3,6,9,23H,4-5,7-8,19H2,1H3,(H2,18,20);1-3,5H,4H2. The molecule has 3 heterocycles. The van der Waals surface area contributed by atoms with Crippen LogP contribution in [0.4, 0.5) is 8.78 Å². The van der Waals surface area contributed by atoms with Crippen molar-refractivity contribution in [2.45, 2.75) is 19.5 Å². The van der Waals surface area contributed by atoms with E-state index in [1.165, 1.54) is 41.3 Å². The molecule has 5 rings (SSSR count).